The number of nitrogens with one attached hydrogen (secondary N) is 1. The third-order valence-corrected chi connectivity index (χ3v) is 6.43. The fraction of sp³-hybridized carbons (Fsp3) is 0.667. The summed E-state index contributed by atoms with van der Waals surface area (Å²) >= 11 is 0. The minimum absolute atomic E-state index is 0.310. The Balaban J connectivity index is 1.18. The summed E-state index contributed by atoms with van der Waals surface area (Å²) in [5, 5.41) is 3.42. The topological polar surface area (TPSA) is 41.6 Å². The van der Waals surface area contributed by atoms with Gasteiger partial charge >= 0.3 is 0 Å². The Kier molecular flexibility index (Phi) is 5.09. The number of rotatable bonds is 5. The molecule has 1 saturated carbocycles. The molecule has 1 aromatic rings. The van der Waals surface area contributed by atoms with Crippen molar-refractivity contribution >= 4 is 5.91 Å². The second-order valence-electron chi connectivity index (χ2n) is 8.00. The molecule has 3 fully saturated rings. The minimum atomic E-state index is 0.310. The van der Waals surface area contributed by atoms with Crippen LogP contribution in [0.1, 0.15) is 37.7 Å². The van der Waals surface area contributed by atoms with E-state index in [9.17, 15) is 4.79 Å². The number of carbonyl (C=O) groups excluding carboxylic acids is 1. The first kappa shape index (κ1) is 17.0. The van der Waals surface area contributed by atoms with Gasteiger partial charge < -0.3 is 15.0 Å². The lowest BCUT2D eigenvalue weighted by Gasteiger charge is -2.33. The summed E-state index contributed by atoms with van der Waals surface area (Å²) in [4.78, 5) is 14.9. The molecule has 1 aromatic carbocycles. The maximum Gasteiger partial charge on any atom is 0.226 e. The van der Waals surface area contributed by atoms with Crippen LogP contribution in [-0.4, -0.2) is 49.7 Å². The van der Waals surface area contributed by atoms with Crippen LogP contribution in [0.5, 0.6) is 0 Å². The number of carbonyl (C=O) groups is 1. The van der Waals surface area contributed by atoms with Gasteiger partial charge in [0.15, 0.2) is 0 Å². The summed E-state index contributed by atoms with van der Waals surface area (Å²) in [6.07, 6.45) is 6.76. The zero-order valence-electron chi connectivity index (χ0n) is 15.1. The van der Waals surface area contributed by atoms with E-state index >= 15 is 0 Å². The number of likely N-dealkylation sites (tertiary alicyclic amines) is 1. The van der Waals surface area contributed by atoms with E-state index in [-0.39, 0.29) is 0 Å². The van der Waals surface area contributed by atoms with Gasteiger partial charge in [-0.2, -0.15) is 0 Å². The van der Waals surface area contributed by atoms with Gasteiger partial charge in [-0.25, -0.2) is 0 Å². The van der Waals surface area contributed by atoms with Crippen molar-refractivity contribution < 1.29 is 9.53 Å². The molecule has 1 amide bonds. The highest BCUT2D eigenvalue weighted by atomic mass is 16.5. The number of nitrogens with zero attached hydrogens (tertiary/aromatic N) is 1. The van der Waals surface area contributed by atoms with Crippen molar-refractivity contribution in [3.63, 3.8) is 0 Å². The molecule has 0 radical (unpaired) electrons. The molecule has 2 saturated heterocycles. The first-order valence-corrected chi connectivity index (χ1v) is 9.92. The molecule has 25 heavy (non-hydrogen) atoms. The molecule has 4 rings (SSSR count). The van der Waals surface area contributed by atoms with E-state index < -0.39 is 0 Å². The average molecular weight is 342 g/mol. The van der Waals surface area contributed by atoms with Crippen molar-refractivity contribution in [1.29, 1.82) is 0 Å². The van der Waals surface area contributed by atoms with Gasteiger partial charge in [0.2, 0.25) is 5.91 Å². The second kappa shape index (κ2) is 7.46. The SMILES string of the molecule is O=C([C@H]1CC12CCNCC2)N1CCC(OCCc2ccccc2)CC1. The highest BCUT2D eigenvalue weighted by Crippen LogP contribution is 2.59. The van der Waals surface area contributed by atoms with Crippen LogP contribution in [-0.2, 0) is 16.0 Å². The average Bonchev–Trinajstić information content (AvgIpc) is 3.36. The van der Waals surface area contributed by atoms with E-state index in [2.05, 4.69) is 34.5 Å². The number of amides is 1. The molecule has 2 aliphatic heterocycles. The van der Waals surface area contributed by atoms with Gasteiger partial charge in [0, 0.05) is 19.0 Å². The lowest BCUT2D eigenvalue weighted by atomic mass is 9.91. The van der Waals surface area contributed by atoms with Crippen LogP contribution in [0.3, 0.4) is 0 Å². The standard InChI is InChI=1S/C21H30N2O2/c24-20(19-16-21(19)9-11-22-12-10-21)23-13-6-18(7-14-23)25-15-8-17-4-2-1-3-5-17/h1-5,18-19,22H,6-16H2/t19-/m1/s1. The Morgan fingerprint density at radius 2 is 1.88 bits per heavy atom. The van der Waals surface area contributed by atoms with E-state index in [4.69, 9.17) is 4.74 Å². The smallest absolute Gasteiger partial charge is 0.226 e. The van der Waals surface area contributed by atoms with Crippen LogP contribution in [0.15, 0.2) is 30.3 Å². The molecule has 0 unspecified atom stereocenters. The van der Waals surface area contributed by atoms with Gasteiger partial charge in [0.25, 0.3) is 0 Å². The molecular formula is C21H30N2O2. The molecule has 0 aromatic heterocycles. The number of benzene rings is 1. The van der Waals surface area contributed by atoms with E-state index in [0.717, 1.165) is 58.5 Å². The largest absolute Gasteiger partial charge is 0.378 e. The summed E-state index contributed by atoms with van der Waals surface area (Å²) in [5.41, 5.74) is 1.68. The van der Waals surface area contributed by atoms with Gasteiger partial charge in [0.05, 0.1) is 12.7 Å². The van der Waals surface area contributed by atoms with Crippen LogP contribution in [0, 0.1) is 11.3 Å². The molecule has 0 bridgehead atoms. The van der Waals surface area contributed by atoms with Gasteiger partial charge in [-0.05, 0) is 62.6 Å². The molecule has 1 atom stereocenters. The predicted molar refractivity (Wildman–Crippen MR) is 98.3 cm³/mol. The van der Waals surface area contributed by atoms with Gasteiger partial charge in [-0.15, -0.1) is 0 Å². The Bertz CT molecular complexity index is 575. The van der Waals surface area contributed by atoms with Crippen LogP contribution >= 0.6 is 0 Å². The molecule has 1 N–H and O–H groups in total. The van der Waals surface area contributed by atoms with Gasteiger partial charge in [-0.3, -0.25) is 4.79 Å². The van der Waals surface area contributed by atoms with E-state index in [1.165, 1.54) is 18.4 Å². The molecule has 4 heteroatoms. The van der Waals surface area contributed by atoms with Crippen molar-refractivity contribution in [3.8, 4) is 0 Å². The molecular weight excluding hydrogens is 312 g/mol. The maximum atomic E-state index is 12.8. The Morgan fingerprint density at radius 1 is 1.16 bits per heavy atom. The van der Waals surface area contributed by atoms with Crippen molar-refractivity contribution in [1.82, 2.24) is 10.2 Å². The Hall–Kier alpha value is -1.39. The first-order valence-electron chi connectivity index (χ1n) is 9.92. The van der Waals surface area contributed by atoms with Crippen molar-refractivity contribution in [3.05, 3.63) is 35.9 Å². The monoisotopic (exact) mass is 342 g/mol. The second-order valence-corrected chi connectivity index (χ2v) is 8.00. The van der Waals surface area contributed by atoms with Crippen molar-refractivity contribution in [2.24, 2.45) is 11.3 Å². The lowest BCUT2D eigenvalue weighted by Crippen LogP contribution is -2.43. The van der Waals surface area contributed by atoms with E-state index in [1.807, 2.05) is 6.07 Å². The number of piperidine rings is 2. The van der Waals surface area contributed by atoms with Crippen LogP contribution in [0.25, 0.3) is 0 Å². The van der Waals surface area contributed by atoms with Crippen LogP contribution in [0.4, 0.5) is 0 Å². The number of ether oxygens (including phenoxy) is 1. The highest BCUT2D eigenvalue weighted by molar-refractivity contribution is 5.82. The molecule has 136 valence electrons. The van der Waals surface area contributed by atoms with E-state index in [1.54, 1.807) is 0 Å². The Morgan fingerprint density at radius 3 is 2.60 bits per heavy atom. The summed E-state index contributed by atoms with van der Waals surface area (Å²) in [6, 6.07) is 10.5. The molecule has 1 spiro atoms. The molecule has 3 aliphatic rings. The van der Waals surface area contributed by atoms with Crippen molar-refractivity contribution in [2.75, 3.05) is 32.8 Å². The van der Waals surface area contributed by atoms with Crippen LogP contribution in [0.2, 0.25) is 0 Å². The first-order chi connectivity index (χ1) is 12.3. The zero-order chi connectivity index (χ0) is 17.1. The van der Waals surface area contributed by atoms with Gasteiger partial charge in [-0.1, -0.05) is 30.3 Å². The summed E-state index contributed by atoms with van der Waals surface area (Å²) in [7, 11) is 0. The number of hydrogen-bond donors (Lipinski definition) is 1. The summed E-state index contributed by atoms with van der Waals surface area (Å²) in [5.74, 6) is 0.731. The minimum Gasteiger partial charge on any atom is -0.378 e. The zero-order valence-corrected chi connectivity index (χ0v) is 15.1. The van der Waals surface area contributed by atoms with E-state index in [0.29, 0.717) is 23.3 Å². The predicted octanol–water partition coefficient (Wildman–Crippen LogP) is 2.63. The third kappa shape index (κ3) is 3.90. The summed E-state index contributed by atoms with van der Waals surface area (Å²) < 4.78 is 6.05. The van der Waals surface area contributed by atoms with Crippen molar-refractivity contribution in [2.45, 2.75) is 44.6 Å². The van der Waals surface area contributed by atoms with Gasteiger partial charge in [0.1, 0.15) is 0 Å². The fourth-order valence-corrected chi connectivity index (χ4v) is 4.63. The fourth-order valence-electron chi connectivity index (χ4n) is 4.63. The van der Waals surface area contributed by atoms with Crippen LogP contribution < -0.4 is 5.32 Å². The maximum absolute atomic E-state index is 12.8. The quantitative estimate of drug-likeness (QED) is 0.894. The normalized spacial score (nSPS) is 25.9. The number of hydrogen-bond acceptors (Lipinski definition) is 3. The highest BCUT2D eigenvalue weighted by Gasteiger charge is 2.58. The lowest BCUT2D eigenvalue weighted by molar-refractivity contribution is -0.136. The molecule has 1 aliphatic carbocycles. The Labute approximate surface area is 150 Å². The third-order valence-electron chi connectivity index (χ3n) is 6.43. The molecule has 4 nitrogen and oxygen atoms in total. The summed E-state index contributed by atoms with van der Waals surface area (Å²) in [6.45, 7) is 4.70. The molecule has 2 heterocycles.